The van der Waals surface area contributed by atoms with Crippen LogP contribution in [0.2, 0.25) is 0 Å². The molecule has 0 unspecified atom stereocenters. The second kappa shape index (κ2) is 4.53. The van der Waals surface area contributed by atoms with E-state index in [1.54, 1.807) is 19.1 Å². The molecule has 0 saturated heterocycles. The number of hydrogen-bond donors (Lipinski definition) is 1. The van der Waals surface area contributed by atoms with Crippen molar-refractivity contribution >= 4 is 29.3 Å². The van der Waals surface area contributed by atoms with Crippen LogP contribution in [0.5, 0.6) is 0 Å². The predicted molar refractivity (Wildman–Crippen MR) is 54.7 cm³/mol. The lowest BCUT2D eigenvalue weighted by molar-refractivity contribution is 0.0696. The second-order valence-electron chi connectivity index (χ2n) is 2.54. The highest BCUT2D eigenvalue weighted by atomic mass is 35.5. The molecular weight excluding hydrogens is 208 g/mol. The summed E-state index contributed by atoms with van der Waals surface area (Å²) < 4.78 is 0. The molecule has 1 rings (SSSR count). The van der Waals surface area contributed by atoms with Crippen molar-refractivity contribution in [1.82, 2.24) is 0 Å². The lowest BCUT2D eigenvalue weighted by Gasteiger charge is -2.02. The lowest BCUT2D eigenvalue weighted by atomic mass is 10.1. The Morgan fingerprint density at radius 1 is 1.62 bits per heavy atom. The minimum Gasteiger partial charge on any atom is -0.478 e. The minimum absolute atomic E-state index is 0.346. The van der Waals surface area contributed by atoms with Crippen molar-refractivity contribution in [2.45, 2.75) is 11.8 Å². The molecule has 2 nitrogen and oxygen atoms in total. The van der Waals surface area contributed by atoms with Gasteiger partial charge in [0.1, 0.15) is 0 Å². The zero-order chi connectivity index (χ0) is 9.84. The van der Waals surface area contributed by atoms with Gasteiger partial charge in [-0.1, -0.05) is 0 Å². The van der Waals surface area contributed by atoms with Crippen LogP contribution in [0.3, 0.4) is 0 Å². The first-order valence-corrected chi connectivity index (χ1v) is 5.20. The number of carboxylic acids is 1. The quantitative estimate of drug-likeness (QED) is 0.624. The van der Waals surface area contributed by atoms with E-state index >= 15 is 0 Å². The van der Waals surface area contributed by atoms with Gasteiger partial charge in [0.15, 0.2) is 0 Å². The maximum Gasteiger partial charge on any atom is 0.335 e. The van der Waals surface area contributed by atoms with E-state index in [0.717, 1.165) is 10.5 Å². The molecule has 0 bridgehead atoms. The van der Waals surface area contributed by atoms with Crippen LogP contribution in [0.1, 0.15) is 15.9 Å². The Bertz CT molecular complexity index is 325. The van der Waals surface area contributed by atoms with Crippen LogP contribution < -0.4 is 0 Å². The summed E-state index contributed by atoms with van der Waals surface area (Å²) in [6.07, 6.45) is 0. The number of thioether (sulfide) groups is 1. The maximum atomic E-state index is 10.7. The molecule has 0 saturated carbocycles. The van der Waals surface area contributed by atoms with Gasteiger partial charge in [-0.05, 0) is 30.7 Å². The summed E-state index contributed by atoms with van der Waals surface area (Å²) in [5, 5.41) is 9.23. The molecule has 1 N–H and O–H groups in total. The molecule has 0 aliphatic carbocycles. The molecule has 0 amide bonds. The fourth-order valence-electron chi connectivity index (χ4n) is 1.03. The summed E-state index contributed by atoms with van der Waals surface area (Å²) in [6, 6.07) is 5.20. The van der Waals surface area contributed by atoms with Gasteiger partial charge in [0.2, 0.25) is 0 Å². The number of alkyl halides is 1. The van der Waals surface area contributed by atoms with E-state index in [2.05, 4.69) is 0 Å². The molecule has 0 atom stereocenters. The van der Waals surface area contributed by atoms with Crippen LogP contribution >= 0.6 is 23.4 Å². The summed E-state index contributed by atoms with van der Waals surface area (Å²) in [5.74, 6) is -0.889. The largest absolute Gasteiger partial charge is 0.478 e. The zero-order valence-corrected chi connectivity index (χ0v) is 8.65. The number of halogens is 1. The van der Waals surface area contributed by atoms with E-state index in [-0.39, 0.29) is 0 Å². The van der Waals surface area contributed by atoms with Gasteiger partial charge in [-0.25, -0.2) is 4.79 Å². The Kier molecular flexibility index (Phi) is 3.63. The molecule has 13 heavy (non-hydrogen) atoms. The topological polar surface area (TPSA) is 37.3 Å². The van der Waals surface area contributed by atoms with E-state index in [0.29, 0.717) is 10.8 Å². The number of carboxylic acid groups (broad SMARTS) is 1. The third kappa shape index (κ3) is 2.64. The Morgan fingerprint density at radius 2 is 2.31 bits per heavy atom. The Hall–Kier alpha value is -0.670. The Balaban J connectivity index is 2.98. The smallest absolute Gasteiger partial charge is 0.335 e. The van der Waals surface area contributed by atoms with E-state index in [1.807, 2.05) is 6.07 Å². The van der Waals surface area contributed by atoms with Gasteiger partial charge < -0.3 is 5.11 Å². The van der Waals surface area contributed by atoms with E-state index in [9.17, 15) is 4.79 Å². The first kappa shape index (κ1) is 10.4. The van der Waals surface area contributed by atoms with E-state index in [4.69, 9.17) is 16.7 Å². The van der Waals surface area contributed by atoms with Gasteiger partial charge in [0.25, 0.3) is 0 Å². The molecule has 0 aliphatic heterocycles. The molecule has 0 heterocycles. The molecule has 0 aromatic heterocycles. The standard InChI is InChI=1S/C9H9ClO2S/c1-6-4-7(13-5-10)2-3-8(6)9(11)12/h2-4H,5H2,1H3,(H,11,12). The highest BCUT2D eigenvalue weighted by Gasteiger charge is 2.06. The fraction of sp³-hybridized carbons (Fsp3) is 0.222. The van der Waals surface area contributed by atoms with Crippen molar-refractivity contribution in [1.29, 1.82) is 0 Å². The molecule has 0 fully saturated rings. The lowest BCUT2D eigenvalue weighted by Crippen LogP contribution is -1.98. The van der Waals surface area contributed by atoms with Gasteiger partial charge in [-0.3, -0.25) is 0 Å². The van der Waals surface area contributed by atoms with Crippen molar-refractivity contribution in [2.75, 3.05) is 5.21 Å². The average Bonchev–Trinajstić information content (AvgIpc) is 2.04. The molecule has 4 heteroatoms. The Labute approximate surface area is 85.9 Å². The molecule has 0 spiro atoms. The highest BCUT2D eigenvalue weighted by molar-refractivity contribution is 8.00. The van der Waals surface area contributed by atoms with Crippen molar-refractivity contribution < 1.29 is 9.90 Å². The van der Waals surface area contributed by atoms with Crippen molar-refractivity contribution in [3.63, 3.8) is 0 Å². The monoisotopic (exact) mass is 216 g/mol. The van der Waals surface area contributed by atoms with Crippen molar-refractivity contribution in [3.8, 4) is 0 Å². The fourth-order valence-corrected chi connectivity index (χ4v) is 1.96. The number of hydrogen-bond acceptors (Lipinski definition) is 2. The molecule has 1 aromatic carbocycles. The van der Waals surface area contributed by atoms with Crippen LogP contribution in [0.15, 0.2) is 23.1 Å². The van der Waals surface area contributed by atoms with Crippen LogP contribution in [0.4, 0.5) is 0 Å². The van der Waals surface area contributed by atoms with Crippen LogP contribution in [-0.2, 0) is 0 Å². The molecule has 1 aromatic rings. The zero-order valence-electron chi connectivity index (χ0n) is 7.08. The molecule has 0 aliphatic rings. The molecular formula is C9H9ClO2S. The summed E-state index contributed by atoms with van der Waals surface area (Å²) in [7, 11) is 0. The molecule has 70 valence electrons. The number of rotatable bonds is 3. The third-order valence-electron chi connectivity index (χ3n) is 1.65. The number of aromatic carboxylic acids is 1. The van der Waals surface area contributed by atoms with E-state index < -0.39 is 5.97 Å². The highest BCUT2D eigenvalue weighted by Crippen LogP contribution is 2.21. The summed E-state index contributed by atoms with van der Waals surface area (Å²) in [6.45, 7) is 1.78. The summed E-state index contributed by atoms with van der Waals surface area (Å²) in [4.78, 5) is 11.7. The third-order valence-corrected chi connectivity index (χ3v) is 2.67. The van der Waals surface area contributed by atoms with Crippen molar-refractivity contribution in [2.24, 2.45) is 0 Å². The van der Waals surface area contributed by atoms with Crippen LogP contribution in [0, 0.1) is 6.92 Å². The summed E-state index contributed by atoms with van der Waals surface area (Å²) >= 11 is 7.02. The summed E-state index contributed by atoms with van der Waals surface area (Å²) in [5.41, 5.74) is 1.11. The number of carbonyl (C=O) groups is 1. The predicted octanol–water partition coefficient (Wildman–Crippen LogP) is 2.98. The number of aryl methyl sites for hydroxylation is 1. The van der Waals surface area contributed by atoms with Crippen LogP contribution in [-0.4, -0.2) is 16.3 Å². The average molecular weight is 217 g/mol. The van der Waals surface area contributed by atoms with Gasteiger partial charge in [-0.15, -0.1) is 23.4 Å². The van der Waals surface area contributed by atoms with Gasteiger partial charge in [0.05, 0.1) is 10.8 Å². The normalized spacial score (nSPS) is 10.0. The van der Waals surface area contributed by atoms with Gasteiger partial charge >= 0.3 is 5.97 Å². The SMILES string of the molecule is Cc1cc(SCCl)ccc1C(=O)O. The van der Waals surface area contributed by atoms with Crippen LogP contribution in [0.25, 0.3) is 0 Å². The van der Waals surface area contributed by atoms with E-state index in [1.165, 1.54) is 11.8 Å². The molecule has 0 radical (unpaired) electrons. The second-order valence-corrected chi connectivity index (χ2v) is 4.17. The van der Waals surface area contributed by atoms with Crippen molar-refractivity contribution in [3.05, 3.63) is 29.3 Å². The Morgan fingerprint density at radius 3 is 2.77 bits per heavy atom. The van der Waals surface area contributed by atoms with Gasteiger partial charge in [0, 0.05) is 4.90 Å². The minimum atomic E-state index is -0.889. The first-order valence-electron chi connectivity index (χ1n) is 3.68. The first-order chi connectivity index (χ1) is 6.15. The number of benzene rings is 1. The van der Waals surface area contributed by atoms with Gasteiger partial charge in [-0.2, -0.15) is 0 Å². The maximum absolute atomic E-state index is 10.7.